The van der Waals surface area contributed by atoms with Crippen molar-refractivity contribution in [2.75, 3.05) is 0 Å². The van der Waals surface area contributed by atoms with Gasteiger partial charge in [0.1, 0.15) is 0 Å². The van der Waals surface area contributed by atoms with Crippen LogP contribution in [0.3, 0.4) is 0 Å². The number of aryl methyl sites for hydroxylation is 2. The molecule has 0 saturated carbocycles. The second kappa shape index (κ2) is 4.92. The van der Waals surface area contributed by atoms with Gasteiger partial charge in [0.05, 0.1) is 0 Å². The molecule has 0 saturated heterocycles. The Hall–Kier alpha value is -1.64. The predicted molar refractivity (Wildman–Crippen MR) is 63.1 cm³/mol. The third-order valence-electron chi connectivity index (χ3n) is 2.52. The first kappa shape index (κ1) is 10.9. The summed E-state index contributed by atoms with van der Waals surface area (Å²) >= 11 is 0. The van der Waals surface area contributed by atoms with E-state index < -0.39 is 0 Å². The number of hydrogen-bond acceptors (Lipinski definition) is 3. The van der Waals surface area contributed by atoms with Gasteiger partial charge in [0.15, 0.2) is 5.82 Å². The zero-order valence-electron chi connectivity index (χ0n) is 9.73. The summed E-state index contributed by atoms with van der Waals surface area (Å²) in [5, 5.41) is 3.80. The molecule has 0 bridgehead atoms. The van der Waals surface area contributed by atoms with Crippen LogP contribution in [0.1, 0.15) is 31.2 Å². The van der Waals surface area contributed by atoms with Crippen LogP contribution in [0, 0.1) is 6.92 Å². The monoisotopic (exact) mass is 216 g/mol. The third-order valence-corrected chi connectivity index (χ3v) is 2.52. The van der Waals surface area contributed by atoms with Crippen molar-refractivity contribution in [1.82, 2.24) is 10.1 Å². The zero-order valence-corrected chi connectivity index (χ0v) is 9.73. The van der Waals surface area contributed by atoms with Crippen molar-refractivity contribution in [2.45, 2.75) is 33.1 Å². The van der Waals surface area contributed by atoms with Gasteiger partial charge in [0, 0.05) is 5.56 Å². The molecule has 0 N–H and O–H groups in total. The van der Waals surface area contributed by atoms with Crippen LogP contribution in [-0.2, 0) is 6.42 Å². The van der Waals surface area contributed by atoms with E-state index in [2.05, 4.69) is 29.2 Å². The lowest BCUT2D eigenvalue weighted by atomic mass is 10.1. The van der Waals surface area contributed by atoms with E-state index in [-0.39, 0.29) is 0 Å². The van der Waals surface area contributed by atoms with Crippen molar-refractivity contribution in [2.24, 2.45) is 0 Å². The van der Waals surface area contributed by atoms with Gasteiger partial charge < -0.3 is 4.52 Å². The number of rotatable bonds is 4. The third kappa shape index (κ3) is 2.48. The Morgan fingerprint density at radius 1 is 1.31 bits per heavy atom. The SMILES string of the molecule is CCCCc1cccc(-c2nc(C)no2)c1. The topological polar surface area (TPSA) is 38.9 Å². The average molecular weight is 216 g/mol. The Bertz CT molecular complexity index is 462. The quantitative estimate of drug-likeness (QED) is 0.786. The minimum absolute atomic E-state index is 0.607. The molecule has 3 nitrogen and oxygen atoms in total. The lowest BCUT2D eigenvalue weighted by molar-refractivity contribution is 0.425. The van der Waals surface area contributed by atoms with E-state index in [1.165, 1.54) is 18.4 Å². The van der Waals surface area contributed by atoms with Crippen LogP contribution in [0.5, 0.6) is 0 Å². The number of aromatic nitrogens is 2. The van der Waals surface area contributed by atoms with Gasteiger partial charge >= 0.3 is 0 Å². The van der Waals surface area contributed by atoms with Crippen LogP contribution in [0.2, 0.25) is 0 Å². The van der Waals surface area contributed by atoms with Crippen LogP contribution >= 0.6 is 0 Å². The number of benzene rings is 1. The fraction of sp³-hybridized carbons (Fsp3) is 0.385. The molecule has 3 heteroatoms. The van der Waals surface area contributed by atoms with Gasteiger partial charge in [0.2, 0.25) is 0 Å². The molecule has 0 aliphatic heterocycles. The van der Waals surface area contributed by atoms with Crippen LogP contribution in [0.4, 0.5) is 0 Å². The zero-order chi connectivity index (χ0) is 11.4. The lowest BCUT2D eigenvalue weighted by Gasteiger charge is -2.01. The van der Waals surface area contributed by atoms with Gasteiger partial charge in [-0.2, -0.15) is 4.98 Å². The highest BCUT2D eigenvalue weighted by Gasteiger charge is 2.06. The lowest BCUT2D eigenvalue weighted by Crippen LogP contribution is -1.86. The molecule has 0 fully saturated rings. The molecule has 0 spiro atoms. The summed E-state index contributed by atoms with van der Waals surface area (Å²) in [5.41, 5.74) is 2.34. The first-order valence-corrected chi connectivity index (χ1v) is 5.69. The Kier molecular flexibility index (Phi) is 3.34. The second-order valence-electron chi connectivity index (χ2n) is 3.95. The van der Waals surface area contributed by atoms with E-state index >= 15 is 0 Å². The molecule has 1 aromatic carbocycles. The highest BCUT2D eigenvalue weighted by atomic mass is 16.5. The highest BCUT2D eigenvalue weighted by molar-refractivity contribution is 5.53. The summed E-state index contributed by atoms with van der Waals surface area (Å²) in [6.45, 7) is 4.03. The normalized spacial score (nSPS) is 10.6. The highest BCUT2D eigenvalue weighted by Crippen LogP contribution is 2.19. The average Bonchev–Trinajstić information content (AvgIpc) is 2.74. The fourth-order valence-electron chi connectivity index (χ4n) is 1.66. The summed E-state index contributed by atoms with van der Waals surface area (Å²) in [7, 11) is 0. The molecule has 2 rings (SSSR count). The molecular weight excluding hydrogens is 200 g/mol. The van der Waals surface area contributed by atoms with Crippen molar-refractivity contribution in [3.63, 3.8) is 0 Å². The largest absolute Gasteiger partial charge is 0.334 e. The van der Waals surface area contributed by atoms with E-state index in [4.69, 9.17) is 4.52 Å². The maximum Gasteiger partial charge on any atom is 0.257 e. The molecule has 0 atom stereocenters. The minimum Gasteiger partial charge on any atom is -0.334 e. The van der Waals surface area contributed by atoms with Crippen molar-refractivity contribution in [3.05, 3.63) is 35.7 Å². The number of unbranched alkanes of at least 4 members (excludes halogenated alkanes) is 1. The molecule has 0 unspecified atom stereocenters. The molecule has 0 radical (unpaired) electrons. The Labute approximate surface area is 95.5 Å². The maximum absolute atomic E-state index is 5.15. The maximum atomic E-state index is 5.15. The molecule has 1 heterocycles. The summed E-state index contributed by atoms with van der Waals surface area (Å²) in [6, 6.07) is 8.31. The van der Waals surface area contributed by atoms with Gasteiger partial charge in [-0.05, 0) is 37.5 Å². The summed E-state index contributed by atoms with van der Waals surface area (Å²) < 4.78 is 5.15. The smallest absolute Gasteiger partial charge is 0.257 e. The van der Waals surface area contributed by atoms with Gasteiger partial charge in [-0.1, -0.05) is 30.6 Å². The van der Waals surface area contributed by atoms with E-state index in [0.717, 1.165) is 12.0 Å². The number of hydrogen-bond donors (Lipinski definition) is 0. The summed E-state index contributed by atoms with van der Waals surface area (Å²) in [4.78, 5) is 4.22. The first-order chi connectivity index (χ1) is 7.79. The van der Waals surface area contributed by atoms with Gasteiger partial charge in [-0.25, -0.2) is 0 Å². The van der Waals surface area contributed by atoms with Crippen LogP contribution in [0.15, 0.2) is 28.8 Å². The Balaban J connectivity index is 2.22. The van der Waals surface area contributed by atoms with Gasteiger partial charge in [-0.3, -0.25) is 0 Å². The van der Waals surface area contributed by atoms with E-state index in [0.29, 0.717) is 11.7 Å². The van der Waals surface area contributed by atoms with Gasteiger partial charge in [-0.15, -0.1) is 0 Å². The van der Waals surface area contributed by atoms with Crippen molar-refractivity contribution < 1.29 is 4.52 Å². The molecule has 84 valence electrons. The minimum atomic E-state index is 0.607. The second-order valence-corrected chi connectivity index (χ2v) is 3.95. The van der Waals surface area contributed by atoms with Crippen molar-refractivity contribution >= 4 is 0 Å². The molecular formula is C13H16N2O. The summed E-state index contributed by atoms with van der Waals surface area (Å²) in [5.74, 6) is 1.28. The molecule has 16 heavy (non-hydrogen) atoms. The molecule has 1 aromatic heterocycles. The standard InChI is InChI=1S/C13H16N2O/c1-3-4-6-11-7-5-8-12(9-11)13-14-10(2)15-16-13/h5,7-9H,3-4,6H2,1-2H3. The van der Waals surface area contributed by atoms with Crippen molar-refractivity contribution in [1.29, 1.82) is 0 Å². The van der Waals surface area contributed by atoms with Crippen LogP contribution in [0.25, 0.3) is 11.5 Å². The fourth-order valence-corrected chi connectivity index (χ4v) is 1.66. The van der Waals surface area contributed by atoms with Crippen LogP contribution < -0.4 is 0 Å². The number of nitrogens with zero attached hydrogens (tertiary/aromatic N) is 2. The van der Waals surface area contributed by atoms with E-state index in [1.807, 2.05) is 19.1 Å². The molecule has 2 aromatic rings. The summed E-state index contributed by atoms with van der Waals surface area (Å²) in [6.07, 6.45) is 3.54. The van der Waals surface area contributed by atoms with Gasteiger partial charge in [0.25, 0.3) is 5.89 Å². The predicted octanol–water partition coefficient (Wildman–Crippen LogP) is 3.39. The van der Waals surface area contributed by atoms with E-state index in [9.17, 15) is 0 Å². The molecule has 0 aliphatic rings. The Morgan fingerprint density at radius 3 is 2.88 bits per heavy atom. The first-order valence-electron chi connectivity index (χ1n) is 5.69. The van der Waals surface area contributed by atoms with E-state index in [1.54, 1.807) is 0 Å². The molecule has 0 amide bonds. The Morgan fingerprint density at radius 2 is 2.19 bits per heavy atom. The van der Waals surface area contributed by atoms with Crippen LogP contribution in [-0.4, -0.2) is 10.1 Å². The van der Waals surface area contributed by atoms with Crippen molar-refractivity contribution in [3.8, 4) is 11.5 Å². The molecule has 0 aliphatic carbocycles.